The van der Waals surface area contributed by atoms with E-state index in [4.69, 9.17) is 4.74 Å². The van der Waals surface area contributed by atoms with E-state index in [0.29, 0.717) is 38.3 Å². The van der Waals surface area contributed by atoms with E-state index in [1.165, 1.54) is 35.2 Å². The van der Waals surface area contributed by atoms with Crippen molar-refractivity contribution in [2.45, 2.75) is 33.4 Å². The van der Waals surface area contributed by atoms with Crippen LogP contribution in [0.4, 0.5) is 10.1 Å². The Balaban J connectivity index is 1.77. The van der Waals surface area contributed by atoms with Crippen molar-refractivity contribution >= 4 is 34.9 Å². The van der Waals surface area contributed by atoms with E-state index in [2.05, 4.69) is 0 Å². The zero-order chi connectivity index (χ0) is 28.2. The van der Waals surface area contributed by atoms with Gasteiger partial charge in [-0.25, -0.2) is 4.39 Å². The normalized spacial score (nSPS) is 11.1. The summed E-state index contributed by atoms with van der Waals surface area (Å²) in [6, 6.07) is 13.9. The lowest BCUT2D eigenvalue weighted by molar-refractivity contribution is -0.384. The number of carbonyl (C=O) groups excluding carboxylic acids is 2. The molecule has 0 aliphatic heterocycles. The average molecular weight is 554 g/mol. The number of rotatable bonds is 14. The summed E-state index contributed by atoms with van der Waals surface area (Å²) in [6.45, 7) is 5.71. The lowest BCUT2D eigenvalue weighted by Crippen LogP contribution is -2.42. The van der Waals surface area contributed by atoms with Gasteiger partial charge < -0.3 is 14.5 Å². The minimum atomic E-state index is -0.486. The largest absolute Gasteiger partial charge is 0.382 e. The van der Waals surface area contributed by atoms with Gasteiger partial charge in [0.05, 0.1) is 11.5 Å². The van der Waals surface area contributed by atoms with Gasteiger partial charge in [-0.15, -0.1) is 11.3 Å². The van der Waals surface area contributed by atoms with E-state index in [9.17, 15) is 24.1 Å². The molecule has 0 aliphatic rings. The Kier molecular flexibility index (Phi) is 11.3. The van der Waals surface area contributed by atoms with Crippen LogP contribution in [-0.2, 0) is 27.4 Å². The number of ether oxygens (including phenoxy) is 1. The highest BCUT2D eigenvalue weighted by atomic mass is 32.1. The number of hydrogen-bond donors (Lipinski definition) is 0. The zero-order valence-electron chi connectivity index (χ0n) is 22.0. The van der Waals surface area contributed by atoms with Crippen LogP contribution in [0.2, 0.25) is 0 Å². The number of aryl methyl sites for hydroxylation is 1. The Morgan fingerprint density at radius 1 is 1.05 bits per heavy atom. The molecule has 2 amide bonds. The first-order valence-electron chi connectivity index (χ1n) is 12.6. The molecule has 0 radical (unpaired) electrons. The molecule has 0 spiro atoms. The van der Waals surface area contributed by atoms with Crippen molar-refractivity contribution in [3.63, 3.8) is 0 Å². The van der Waals surface area contributed by atoms with Crippen LogP contribution < -0.4 is 0 Å². The summed E-state index contributed by atoms with van der Waals surface area (Å²) in [7, 11) is 0. The lowest BCUT2D eigenvalue weighted by atomic mass is 10.2. The highest BCUT2D eigenvalue weighted by molar-refractivity contribution is 7.10. The minimum Gasteiger partial charge on any atom is -0.382 e. The fourth-order valence-electron chi connectivity index (χ4n) is 3.79. The summed E-state index contributed by atoms with van der Waals surface area (Å²) in [4.78, 5) is 41.3. The number of halogens is 1. The molecule has 10 heteroatoms. The molecule has 3 rings (SSSR count). The van der Waals surface area contributed by atoms with Gasteiger partial charge in [0.2, 0.25) is 11.8 Å². The first kappa shape index (κ1) is 29.7. The van der Waals surface area contributed by atoms with Gasteiger partial charge in [-0.05, 0) is 78.7 Å². The molecule has 0 bridgehead atoms. The second-order valence-electron chi connectivity index (χ2n) is 8.90. The molecule has 0 saturated heterocycles. The topological polar surface area (TPSA) is 93.0 Å². The molecule has 1 aromatic heterocycles. The molecule has 0 fully saturated rings. The van der Waals surface area contributed by atoms with Gasteiger partial charge >= 0.3 is 0 Å². The molecule has 1 heterocycles. The predicted octanol–water partition coefficient (Wildman–Crippen LogP) is 5.60. The summed E-state index contributed by atoms with van der Waals surface area (Å²) < 4.78 is 18.9. The lowest BCUT2D eigenvalue weighted by Gasteiger charge is -2.27. The summed E-state index contributed by atoms with van der Waals surface area (Å²) >= 11 is 1.56. The Morgan fingerprint density at radius 3 is 2.38 bits per heavy atom. The Bertz CT molecular complexity index is 1270. The van der Waals surface area contributed by atoms with Crippen LogP contribution in [0.5, 0.6) is 0 Å². The Morgan fingerprint density at radius 2 is 1.77 bits per heavy atom. The van der Waals surface area contributed by atoms with Crippen molar-refractivity contribution < 1.29 is 23.6 Å². The first-order chi connectivity index (χ1) is 18.8. The molecule has 0 aliphatic carbocycles. The highest BCUT2D eigenvalue weighted by Crippen LogP contribution is 2.20. The van der Waals surface area contributed by atoms with Gasteiger partial charge in [0.25, 0.3) is 5.69 Å². The SMILES string of the molecule is CCOCCCN(CC(=O)N(Cc1ccc(F)cc1)Cc1sccc1C)C(=O)C=Cc1ccc([N+](=O)[O-])cc1. The number of amides is 2. The number of nitrogens with zero attached hydrogens (tertiary/aromatic N) is 3. The van der Waals surface area contributed by atoms with Gasteiger partial charge in [0.1, 0.15) is 12.4 Å². The summed E-state index contributed by atoms with van der Waals surface area (Å²) in [5, 5.41) is 12.9. The van der Waals surface area contributed by atoms with E-state index in [1.807, 2.05) is 25.3 Å². The first-order valence-corrected chi connectivity index (χ1v) is 13.5. The molecule has 39 heavy (non-hydrogen) atoms. The third-order valence-corrected chi connectivity index (χ3v) is 7.03. The van der Waals surface area contributed by atoms with Crippen LogP contribution in [0, 0.1) is 22.9 Å². The maximum atomic E-state index is 13.6. The van der Waals surface area contributed by atoms with Crippen LogP contribution in [0.3, 0.4) is 0 Å². The van der Waals surface area contributed by atoms with Crippen molar-refractivity contribution in [1.82, 2.24) is 9.80 Å². The number of benzene rings is 2. The number of hydrogen-bond acceptors (Lipinski definition) is 6. The molecular formula is C29H32FN3O5S. The van der Waals surface area contributed by atoms with Gasteiger partial charge in [-0.3, -0.25) is 19.7 Å². The molecule has 0 N–H and O–H groups in total. The van der Waals surface area contributed by atoms with Gasteiger partial charge in [0, 0.05) is 49.4 Å². The van der Waals surface area contributed by atoms with Crippen molar-refractivity contribution in [3.8, 4) is 0 Å². The van der Waals surface area contributed by atoms with Crippen LogP contribution in [0.1, 0.15) is 34.9 Å². The maximum Gasteiger partial charge on any atom is 0.269 e. The molecule has 206 valence electrons. The van der Waals surface area contributed by atoms with Crippen molar-refractivity contribution in [2.24, 2.45) is 0 Å². The van der Waals surface area contributed by atoms with Crippen LogP contribution in [-0.4, -0.2) is 52.8 Å². The number of nitro benzene ring substituents is 1. The summed E-state index contributed by atoms with van der Waals surface area (Å²) in [5.41, 5.74) is 2.45. The van der Waals surface area contributed by atoms with Crippen LogP contribution in [0.15, 0.2) is 66.1 Å². The van der Waals surface area contributed by atoms with E-state index in [1.54, 1.807) is 46.6 Å². The van der Waals surface area contributed by atoms with Crippen LogP contribution in [0.25, 0.3) is 6.08 Å². The number of thiophene rings is 1. The average Bonchev–Trinajstić information content (AvgIpc) is 3.33. The number of non-ortho nitro benzene ring substituents is 1. The molecule has 0 saturated carbocycles. The standard InChI is InChI=1S/C29H32FN3O5S/c1-3-38-17-4-16-31(28(34)14-9-23-7-12-26(13-8-23)33(36)37)21-29(35)32(20-27-22(2)15-18-39-27)19-24-5-10-25(30)11-6-24/h5-15,18H,3-4,16-17,19-21H2,1-2H3. The molecule has 3 aromatic rings. The minimum absolute atomic E-state index is 0.0381. The van der Waals surface area contributed by atoms with Crippen molar-refractivity contribution in [1.29, 1.82) is 0 Å². The van der Waals surface area contributed by atoms with E-state index in [-0.39, 0.29) is 36.4 Å². The second-order valence-corrected chi connectivity index (χ2v) is 9.90. The third kappa shape index (κ3) is 9.42. The quantitative estimate of drug-likeness (QED) is 0.112. The van der Waals surface area contributed by atoms with E-state index >= 15 is 0 Å². The number of nitro groups is 1. The monoisotopic (exact) mass is 553 g/mol. The second kappa shape index (κ2) is 14.9. The predicted molar refractivity (Wildman–Crippen MR) is 150 cm³/mol. The van der Waals surface area contributed by atoms with Gasteiger partial charge in [-0.2, -0.15) is 0 Å². The fourth-order valence-corrected chi connectivity index (χ4v) is 4.71. The van der Waals surface area contributed by atoms with Crippen molar-refractivity contribution in [2.75, 3.05) is 26.3 Å². The molecule has 2 aromatic carbocycles. The molecular weight excluding hydrogens is 521 g/mol. The zero-order valence-corrected chi connectivity index (χ0v) is 22.9. The van der Waals surface area contributed by atoms with E-state index < -0.39 is 4.92 Å². The molecule has 0 unspecified atom stereocenters. The van der Waals surface area contributed by atoms with Crippen molar-refractivity contribution in [3.05, 3.63) is 104 Å². The molecule has 0 atom stereocenters. The summed E-state index contributed by atoms with van der Waals surface area (Å²) in [6.07, 6.45) is 3.49. The smallest absolute Gasteiger partial charge is 0.269 e. The molecule has 8 nitrogen and oxygen atoms in total. The van der Waals surface area contributed by atoms with Crippen LogP contribution >= 0.6 is 11.3 Å². The maximum absolute atomic E-state index is 13.6. The highest BCUT2D eigenvalue weighted by Gasteiger charge is 2.22. The Labute approximate surface area is 231 Å². The fraction of sp³-hybridized carbons (Fsp3) is 0.310. The van der Waals surface area contributed by atoms with Gasteiger partial charge in [-0.1, -0.05) is 12.1 Å². The van der Waals surface area contributed by atoms with Gasteiger partial charge in [0.15, 0.2) is 0 Å². The third-order valence-electron chi connectivity index (χ3n) is 6.02. The summed E-state index contributed by atoms with van der Waals surface area (Å²) in [5.74, 6) is -0.940. The Hall–Kier alpha value is -3.89. The number of carbonyl (C=O) groups is 2. The van der Waals surface area contributed by atoms with E-state index in [0.717, 1.165) is 16.0 Å².